The summed E-state index contributed by atoms with van der Waals surface area (Å²) in [4.78, 5) is 2.19. The molecule has 3 N–H and O–H groups in total. The number of ether oxygens (including phenoxy) is 2. The van der Waals surface area contributed by atoms with Crippen LogP contribution in [0.25, 0.3) is 10.4 Å². The number of methoxy groups -OCH3 is 1. The maximum atomic E-state index is 13.2. The molecule has 5 nitrogen and oxygen atoms in total. The number of hydrogen-bond acceptors (Lipinski definition) is 6. The molecule has 3 aromatic rings. The fourth-order valence-corrected chi connectivity index (χ4v) is 5.20. The lowest BCUT2D eigenvalue weighted by Gasteiger charge is -2.45. The van der Waals surface area contributed by atoms with Crippen LogP contribution in [0, 0.1) is 12.7 Å². The average Bonchev–Trinajstić information content (AvgIpc) is 3.26. The Hall–Kier alpha value is -2.13. The average molecular weight is 459 g/mol. The first-order valence-electron chi connectivity index (χ1n) is 10.5. The lowest BCUT2D eigenvalue weighted by Crippen LogP contribution is -2.57. The molecule has 32 heavy (non-hydrogen) atoms. The van der Waals surface area contributed by atoms with Crippen LogP contribution in [-0.2, 0) is 21.7 Å². The standard InChI is InChI=1S/C25H27FO5S/c1-15-3-6-18(25(30-2)24(29)22(28)13-20(14-27)31-25)11-17(15)12-21-9-10-23(32-21)16-4-7-19(26)8-5-16/h3-11,20,22,24,27-29H,12-14H2,1-2H3/t20-,22-,24+,25?/m0/s1. The Labute approximate surface area is 190 Å². The molecule has 0 radical (unpaired) electrons. The molecule has 0 bridgehead atoms. The Bertz CT molecular complexity index is 1070. The fraction of sp³-hybridized carbons (Fsp3) is 0.360. The third kappa shape index (κ3) is 4.37. The minimum Gasteiger partial charge on any atom is -0.394 e. The topological polar surface area (TPSA) is 79.2 Å². The van der Waals surface area contributed by atoms with Crippen molar-refractivity contribution in [2.75, 3.05) is 13.7 Å². The van der Waals surface area contributed by atoms with Crippen LogP contribution in [0.3, 0.4) is 0 Å². The number of aryl methyl sites for hydroxylation is 1. The van der Waals surface area contributed by atoms with Gasteiger partial charge in [0.1, 0.15) is 11.9 Å². The van der Waals surface area contributed by atoms with Gasteiger partial charge in [0.2, 0.25) is 5.79 Å². The van der Waals surface area contributed by atoms with Gasteiger partial charge < -0.3 is 24.8 Å². The summed E-state index contributed by atoms with van der Waals surface area (Å²) in [6.07, 6.45) is -2.23. The number of hydrogen-bond donors (Lipinski definition) is 3. The number of halogens is 1. The van der Waals surface area contributed by atoms with Crippen molar-refractivity contribution in [1.82, 2.24) is 0 Å². The number of aliphatic hydroxyl groups is 3. The highest BCUT2D eigenvalue weighted by atomic mass is 32.1. The summed E-state index contributed by atoms with van der Waals surface area (Å²) in [7, 11) is 1.42. The van der Waals surface area contributed by atoms with Crippen LogP contribution in [0.5, 0.6) is 0 Å². The maximum absolute atomic E-state index is 13.2. The molecular weight excluding hydrogens is 431 g/mol. The summed E-state index contributed by atoms with van der Waals surface area (Å²) in [5.41, 5.74) is 3.65. The van der Waals surface area contributed by atoms with Crippen molar-refractivity contribution in [2.45, 2.75) is 43.9 Å². The van der Waals surface area contributed by atoms with Crippen LogP contribution in [0.4, 0.5) is 4.39 Å². The molecule has 1 unspecified atom stereocenters. The highest BCUT2D eigenvalue weighted by Gasteiger charge is 2.51. The molecule has 4 rings (SSSR count). The molecule has 0 aliphatic carbocycles. The van der Waals surface area contributed by atoms with Gasteiger partial charge in [-0.2, -0.15) is 0 Å². The van der Waals surface area contributed by atoms with Crippen molar-refractivity contribution >= 4 is 11.3 Å². The van der Waals surface area contributed by atoms with Gasteiger partial charge in [0, 0.05) is 35.3 Å². The Morgan fingerprint density at radius 1 is 1.12 bits per heavy atom. The summed E-state index contributed by atoms with van der Waals surface area (Å²) in [5.74, 6) is -1.83. The molecule has 1 aromatic heterocycles. The van der Waals surface area contributed by atoms with Gasteiger partial charge in [-0.15, -0.1) is 11.3 Å². The van der Waals surface area contributed by atoms with Crippen LogP contribution < -0.4 is 0 Å². The van der Waals surface area contributed by atoms with E-state index in [4.69, 9.17) is 9.47 Å². The lowest BCUT2D eigenvalue weighted by molar-refractivity contribution is -0.344. The van der Waals surface area contributed by atoms with E-state index in [9.17, 15) is 19.7 Å². The smallest absolute Gasteiger partial charge is 0.224 e. The maximum Gasteiger partial charge on any atom is 0.224 e. The van der Waals surface area contributed by atoms with Gasteiger partial charge in [-0.25, -0.2) is 4.39 Å². The molecule has 1 fully saturated rings. The monoisotopic (exact) mass is 458 g/mol. The second-order valence-electron chi connectivity index (χ2n) is 8.13. The molecule has 1 aliphatic heterocycles. The van der Waals surface area contributed by atoms with Crippen molar-refractivity contribution in [1.29, 1.82) is 0 Å². The van der Waals surface area contributed by atoms with E-state index in [1.165, 1.54) is 19.2 Å². The van der Waals surface area contributed by atoms with Gasteiger partial charge >= 0.3 is 0 Å². The second kappa shape index (κ2) is 9.39. The van der Waals surface area contributed by atoms with Crippen molar-refractivity contribution in [3.8, 4) is 10.4 Å². The van der Waals surface area contributed by atoms with Gasteiger partial charge in [-0.05, 0) is 53.9 Å². The molecule has 0 saturated carbocycles. The summed E-state index contributed by atoms with van der Waals surface area (Å²) >= 11 is 1.64. The Morgan fingerprint density at radius 2 is 1.88 bits per heavy atom. The SMILES string of the molecule is COC1(c2ccc(C)c(Cc3ccc(-c4ccc(F)cc4)s3)c2)O[C@H](CO)C[C@H](O)[C@H]1O. The molecular formula is C25H27FO5S. The predicted molar refractivity (Wildman–Crippen MR) is 121 cm³/mol. The Balaban J connectivity index is 1.64. The summed E-state index contributed by atoms with van der Waals surface area (Å²) in [5, 5.41) is 30.7. The van der Waals surface area contributed by atoms with E-state index in [-0.39, 0.29) is 18.8 Å². The Kier molecular flexibility index (Phi) is 6.76. The van der Waals surface area contributed by atoms with Crippen LogP contribution in [0.15, 0.2) is 54.6 Å². The van der Waals surface area contributed by atoms with Crippen molar-refractivity contribution < 1.29 is 29.2 Å². The van der Waals surface area contributed by atoms with Gasteiger partial charge in [-0.1, -0.05) is 24.3 Å². The highest BCUT2D eigenvalue weighted by Crippen LogP contribution is 2.40. The minimum atomic E-state index is -1.57. The zero-order valence-corrected chi connectivity index (χ0v) is 18.8. The largest absolute Gasteiger partial charge is 0.394 e. The zero-order chi connectivity index (χ0) is 22.9. The second-order valence-corrected chi connectivity index (χ2v) is 9.30. The molecule has 4 atom stereocenters. The normalized spacial score (nSPS) is 25.8. The zero-order valence-electron chi connectivity index (χ0n) is 18.0. The van der Waals surface area contributed by atoms with E-state index in [1.807, 2.05) is 31.2 Å². The van der Waals surface area contributed by atoms with Crippen LogP contribution in [-0.4, -0.2) is 47.3 Å². The Morgan fingerprint density at radius 3 is 2.56 bits per heavy atom. The van der Waals surface area contributed by atoms with Crippen LogP contribution in [0.1, 0.15) is 28.0 Å². The lowest BCUT2D eigenvalue weighted by atomic mass is 9.88. The highest BCUT2D eigenvalue weighted by molar-refractivity contribution is 7.15. The van der Waals surface area contributed by atoms with Gasteiger partial charge in [0.05, 0.1) is 18.8 Å². The minimum absolute atomic E-state index is 0.128. The van der Waals surface area contributed by atoms with Crippen LogP contribution >= 0.6 is 11.3 Å². The fourth-order valence-electron chi connectivity index (χ4n) is 4.16. The quantitative estimate of drug-likeness (QED) is 0.524. The summed E-state index contributed by atoms with van der Waals surface area (Å²) < 4.78 is 24.8. The van der Waals surface area contributed by atoms with Crippen molar-refractivity contribution in [3.05, 3.63) is 82.0 Å². The molecule has 0 amide bonds. The summed E-state index contributed by atoms with van der Waals surface area (Å²) in [6.45, 7) is 1.73. The van der Waals surface area contributed by atoms with Crippen molar-refractivity contribution in [3.63, 3.8) is 0 Å². The molecule has 7 heteroatoms. The first-order chi connectivity index (χ1) is 15.4. The first kappa shape index (κ1) is 23.0. The number of benzene rings is 2. The van der Waals surface area contributed by atoms with E-state index in [1.54, 1.807) is 23.5 Å². The van der Waals surface area contributed by atoms with E-state index in [0.29, 0.717) is 12.0 Å². The number of thiophene rings is 1. The van der Waals surface area contributed by atoms with Gasteiger partial charge in [0.25, 0.3) is 0 Å². The molecule has 0 spiro atoms. The third-order valence-corrected chi connectivity index (χ3v) is 7.15. The molecule has 170 valence electrons. The third-order valence-electron chi connectivity index (χ3n) is 6.01. The van der Waals surface area contributed by atoms with Gasteiger partial charge in [0.15, 0.2) is 0 Å². The molecule has 2 heterocycles. The van der Waals surface area contributed by atoms with E-state index >= 15 is 0 Å². The van der Waals surface area contributed by atoms with Crippen LogP contribution in [0.2, 0.25) is 0 Å². The molecule has 1 aliphatic rings. The number of rotatable bonds is 6. The van der Waals surface area contributed by atoms with Crippen molar-refractivity contribution in [2.24, 2.45) is 0 Å². The first-order valence-corrected chi connectivity index (χ1v) is 11.3. The summed E-state index contributed by atoms with van der Waals surface area (Å²) in [6, 6.07) is 16.2. The predicted octanol–water partition coefficient (Wildman–Crippen LogP) is 3.76. The number of aliphatic hydroxyl groups excluding tert-OH is 3. The van der Waals surface area contributed by atoms with E-state index in [2.05, 4.69) is 6.07 Å². The molecule has 2 aromatic carbocycles. The van der Waals surface area contributed by atoms with Gasteiger partial charge in [-0.3, -0.25) is 0 Å². The van der Waals surface area contributed by atoms with E-state index in [0.717, 1.165) is 26.4 Å². The van der Waals surface area contributed by atoms with E-state index < -0.39 is 24.1 Å². The molecule has 1 saturated heterocycles.